The lowest BCUT2D eigenvalue weighted by atomic mass is 10.1. The molecule has 0 saturated carbocycles. The molecule has 16 heavy (non-hydrogen) atoms. The normalized spacial score (nSPS) is 11.1. The third kappa shape index (κ3) is 2.30. The van der Waals surface area contributed by atoms with Crippen LogP contribution in [0.3, 0.4) is 0 Å². The highest BCUT2D eigenvalue weighted by Crippen LogP contribution is 2.23. The van der Waals surface area contributed by atoms with Gasteiger partial charge in [-0.2, -0.15) is 0 Å². The molecule has 0 spiro atoms. The summed E-state index contributed by atoms with van der Waals surface area (Å²) >= 11 is 5.98. The molecule has 0 bridgehead atoms. The van der Waals surface area contributed by atoms with Gasteiger partial charge in [-0.15, -0.1) is 0 Å². The Morgan fingerprint density at radius 1 is 1.38 bits per heavy atom. The lowest BCUT2D eigenvalue weighted by molar-refractivity contribution is 0.550. The minimum Gasteiger partial charge on any atom is -0.408 e. The second-order valence-corrected chi connectivity index (χ2v) is 4.35. The third-order valence-corrected chi connectivity index (χ3v) is 2.83. The van der Waals surface area contributed by atoms with Gasteiger partial charge in [-0.05, 0) is 30.5 Å². The summed E-state index contributed by atoms with van der Waals surface area (Å²) in [6.45, 7) is 2.16. The number of unbranched alkanes of at least 4 members (excludes halogenated alkanes) is 2. The summed E-state index contributed by atoms with van der Waals surface area (Å²) in [6, 6.07) is 3.58. The van der Waals surface area contributed by atoms with Crippen molar-refractivity contribution in [1.29, 1.82) is 0 Å². The van der Waals surface area contributed by atoms with Gasteiger partial charge in [0.05, 0.1) is 5.52 Å². The molecular formula is C12H14ClNO2. The van der Waals surface area contributed by atoms with Gasteiger partial charge in [-0.1, -0.05) is 31.4 Å². The summed E-state index contributed by atoms with van der Waals surface area (Å²) in [5, 5.41) is 0.635. The molecule has 2 rings (SSSR count). The molecule has 2 aromatic rings. The molecular weight excluding hydrogens is 226 g/mol. The van der Waals surface area contributed by atoms with Crippen molar-refractivity contribution in [3.05, 3.63) is 33.3 Å². The molecule has 0 amide bonds. The topological polar surface area (TPSA) is 46.0 Å². The highest BCUT2D eigenvalue weighted by atomic mass is 35.5. The summed E-state index contributed by atoms with van der Waals surface area (Å²) < 4.78 is 5.11. The quantitative estimate of drug-likeness (QED) is 0.830. The number of aryl methyl sites for hydroxylation is 1. The number of benzene rings is 1. The van der Waals surface area contributed by atoms with E-state index in [0.29, 0.717) is 16.1 Å². The Bertz CT molecular complexity index is 541. The van der Waals surface area contributed by atoms with E-state index in [1.165, 1.54) is 12.8 Å². The average molecular weight is 240 g/mol. The average Bonchev–Trinajstić information content (AvgIpc) is 2.58. The number of oxazole rings is 1. The van der Waals surface area contributed by atoms with Crippen LogP contribution in [-0.2, 0) is 6.42 Å². The van der Waals surface area contributed by atoms with E-state index in [9.17, 15) is 4.79 Å². The van der Waals surface area contributed by atoms with Crippen molar-refractivity contribution in [3.63, 3.8) is 0 Å². The number of hydrogen-bond acceptors (Lipinski definition) is 2. The van der Waals surface area contributed by atoms with Gasteiger partial charge in [-0.3, -0.25) is 4.98 Å². The number of aromatic nitrogens is 1. The molecule has 86 valence electrons. The van der Waals surface area contributed by atoms with Crippen LogP contribution in [0.4, 0.5) is 0 Å². The van der Waals surface area contributed by atoms with Crippen LogP contribution in [-0.4, -0.2) is 4.98 Å². The van der Waals surface area contributed by atoms with Gasteiger partial charge in [0, 0.05) is 5.02 Å². The smallest absolute Gasteiger partial charge is 0.408 e. The Morgan fingerprint density at radius 3 is 2.94 bits per heavy atom. The van der Waals surface area contributed by atoms with E-state index in [1.807, 2.05) is 6.07 Å². The molecule has 0 fully saturated rings. The Balaban J connectivity index is 2.38. The molecule has 0 radical (unpaired) electrons. The third-order valence-electron chi connectivity index (χ3n) is 2.61. The Labute approximate surface area is 98.4 Å². The summed E-state index contributed by atoms with van der Waals surface area (Å²) in [5.41, 5.74) is 2.34. The maximum absolute atomic E-state index is 11.1. The van der Waals surface area contributed by atoms with Crippen molar-refractivity contribution in [1.82, 2.24) is 4.98 Å². The van der Waals surface area contributed by atoms with Crippen molar-refractivity contribution in [2.45, 2.75) is 32.6 Å². The fourth-order valence-electron chi connectivity index (χ4n) is 1.84. The number of halogens is 1. The van der Waals surface area contributed by atoms with E-state index in [0.717, 1.165) is 18.4 Å². The Kier molecular flexibility index (Phi) is 3.34. The number of hydrogen-bond donors (Lipinski definition) is 1. The standard InChI is InChI=1S/C12H14ClNO2/c1-2-3-4-5-8-6-9(13)7-10-11(8)16-12(15)14-10/h6-7H,2-5H2,1H3,(H,14,15). The van der Waals surface area contributed by atoms with Crippen molar-refractivity contribution in [2.75, 3.05) is 0 Å². The molecule has 1 aromatic carbocycles. The molecule has 4 heteroatoms. The first-order valence-electron chi connectivity index (χ1n) is 5.52. The van der Waals surface area contributed by atoms with Crippen LogP contribution in [0.25, 0.3) is 11.1 Å². The number of nitrogens with one attached hydrogen (secondary N) is 1. The van der Waals surface area contributed by atoms with E-state index in [1.54, 1.807) is 6.07 Å². The van der Waals surface area contributed by atoms with Gasteiger partial charge in [-0.25, -0.2) is 4.79 Å². The molecule has 1 heterocycles. The zero-order valence-corrected chi connectivity index (χ0v) is 9.93. The van der Waals surface area contributed by atoms with Gasteiger partial charge in [0.2, 0.25) is 0 Å². The molecule has 0 aliphatic carbocycles. The summed E-state index contributed by atoms with van der Waals surface area (Å²) in [4.78, 5) is 13.7. The van der Waals surface area contributed by atoms with Gasteiger partial charge in [0.15, 0.2) is 5.58 Å². The molecule has 0 saturated heterocycles. The summed E-state index contributed by atoms with van der Waals surface area (Å²) in [7, 11) is 0. The van der Waals surface area contributed by atoms with Crippen LogP contribution in [0.2, 0.25) is 5.02 Å². The van der Waals surface area contributed by atoms with Crippen molar-refractivity contribution in [3.8, 4) is 0 Å². The minimum absolute atomic E-state index is 0.422. The summed E-state index contributed by atoms with van der Waals surface area (Å²) in [6.07, 6.45) is 4.32. The number of rotatable bonds is 4. The zero-order valence-electron chi connectivity index (χ0n) is 9.18. The largest absolute Gasteiger partial charge is 0.417 e. The fraction of sp³-hybridized carbons (Fsp3) is 0.417. The van der Waals surface area contributed by atoms with Crippen molar-refractivity contribution >= 4 is 22.7 Å². The molecule has 0 atom stereocenters. The first-order chi connectivity index (χ1) is 7.70. The van der Waals surface area contributed by atoms with Crippen LogP contribution < -0.4 is 5.76 Å². The van der Waals surface area contributed by atoms with E-state index in [4.69, 9.17) is 16.0 Å². The predicted octanol–water partition coefficient (Wildman–Crippen LogP) is 3.51. The van der Waals surface area contributed by atoms with Crippen LogP contribution >= 0.6 is 11.6 Å². The molecule has 1 aromatic heterocycles. The zero-order chi connectivity index (χ0) is 11.5. The Hall–Kier alpha value is -1.22. The molecule has 0 aliphatic rings. The van der Waals surface area contributed by atoms with E-state index < -0.39 is 5.76 Å². The number of aromatic amines is 1. The fourth-order valence-corrected chi connectivity index (χ4v) is 2.08. The lowest BCUT2D eigenvalue weighted by Crippen LogP contribution is -1.92. The van der Waals surface area contributed by atoms with Crippen LogP contribution in [0.15, 0.2) is 21.3 Å². The first kappa shape index (κ1) is 11.3. The minimum atomic E-state index is -0.422. The van der Waals surface area contributed by atoms with Gasteiger partial charge >= 0.3 is 5.76 Å². The van der Waals surface area contributed by atoms with Crippen molar-refractivity contribution in [2.24, 2.45) is 0 Å². The summed E-state index contributed by atoms with van der Waals surface area (Å²) in [5.74, 6) is -0.422. The highest BCUT2D eigenvalue weighted by molar-refractivity contribution is 6.31. The van der Waals surface area contributed by atoms with Crippen molar-refractivity contribution < 1.29 is 4.42 Å². The molecule has 1 N–H and O–H groups in total. The van der Waals surface area contributed by atoms with E-state index in [2.05, 4.69) is 11.9 Å². The predicted molar refractivity (Wildman–Crippen MR) is 65.1 cm³/mol. The van der Waals surface area contributed by atoms with Crippen LogP contribution in [0, 0.1) is 0 Å². The Morgan fingerprint density at radius 2 is 2.19 bits per heavy atom. The SMILES string of the molecule is CCCCCc1cc(Cl)cc2[nH]c(=O)oc12. The van der Waals surface area contributed by atoms with Gasteiger partial charge < -0.3 is 4.42 Å². The second kappa shape index (κ2) is 4.74. The first-order valence-corrected chi connectivity index (χ1v) is 5.89. The van der Waals surface area contributed by atoms with Gasteiger partial charge in [0.1, 0.15) is 0 Å². The molecule has 0 aliphatic heterocycles. The maximum atomic E-state index is 11.1. The van der Waals surface area contributed by atoms with Crippen LogP contribution in [0.5, 0.6) is 0 Å². The number of fused-ring (bicyclic) bond motifs is 1. The molecule has 3 nitrogen and oxygen atoms in total. The second-order valence-electron chi connectivity index (χ2n) is 3.91. The lowest BCUT2D eigenvalue weighted by Gasteiger charge is -2.02. The van der Waals surface area contributed by atoms with E-state index >= 15 is 0 Å². The van der Waals surface area contributed by atoms with Crippen LogP contribution in [0.1, 0.15) is 31.7 Å². The monoisotopic (exact) mass is 239 g/mol. The number of H-pyrrole nitrogens is 1. The van der Waals surface area contributed by atoms with Gasteiger partial charge in [0.25, 0.3) is 0 Å². The molecule has 0 unspecified atom stereocenters. The maximum Gasteiger partial charge on any atom is 0.417 e. The highest BCUT2D eigenvalue weighted by Gasteiger charge is 2.08. The van der Waals surface area contributed by atoms with E-state index in [-0.39, 0.29) is 0 Å².